The first kappa shape index (κ1) is 10.7. The summed E-state index contributed by atoms with van der Waals surface area (Å²) in [6, 6.07) is 0. The van der Waals surface area contributed by atoms with Gasteiger partial charge in [-0.25, -0.2) is 0 Å². The summed E-state index contributed by atoms with van der Waals surface area (Å²) in [6.45, 7) is 0. The molecule has 3 heteroatoms. The molecule has 0 aliphatic heterocycles. The van der Waals surface area contributed by atoms with Crippen molar-refractivity contribution in [3.8, 4) is 0 Å². The molecule has 0 heterocycles. The van der Waals surface area contributed by atoms with Crippen LogP contribution in [-0.2, 0) is 14.3 Å². The van der Waals surface area contributed by atoms with Gasteiger partial charge in [-0.3, -0.25) is 9.59 Å². The lowest BCUT2D eigenvalue weighted by Gasteiger charge is -2.37. The van der Waals surface area contributed by atoms with Crippen molar-refractivity contribution >= 4 is 11.8 Å². The number of hydrogen-bond acceptors (Lipinski definition) is 3. The Hall–Kier alpha value is -0.860. The number of Topliss-reactive ketones (excluding diaryl/α,β-unsaturated/α-hetero) is 1. The molecule has 0 unspecified atom stereocenters. The minimum absolute atomic E-state index is 0.165. The zero-order chi connectivity index (χ0) is 10.8. The van der Waals surface area contributed by atoms with Crippen LogP contribution in [0.1, 0.15) is 38.5 Å². The molecule has 3 nitrogen and oxygen atoms in total. The second-order valence-corrected chi connectivity index (χ2v) is 4.78. The van der Waals surface area contributed by atoms with Gasteiger partial charge in [0, 0.05) is 12.3 Å². The second-order valence-electron chi connectivity index (χ2n) is 4.78. The molecule has 0 radical (unpaired) electrons. The second kappa shape index (κ2) is 4.33. The average Bonchev–Trinajstić information content (AvgIpc) is 2.28. The van der Waals surface area contributed by atoms with Crippen LogP contribution in [-0.4, -0.2) is 18.9 Å². The number of ketones is 1. The molecule has 0 amide bonds. The van der Waals surface area contributed by atoms with Gasteiger partial charge in [0.2, 0.25) is 0 Å². The SMILES string of the molecule is COC(=O)[C@@H]1CC(=O)[C@H]2CCCC[C@@H]2C1. The zero-order valence-corrected chi connectivity index (χ0v) is 9.20. The Kier molecular flexibility index (Phi) is 3.08. The Morgan fingerprint density at radius 3 is 2.80 bits per heavy atom. The quantitative estimate of drug-likeness (QED) is 0.621. The number of carbonyl (C=O) groups is 2. The maximum Gasteiger partial charge on any atom is 0.309 e. The summed E-state index contributed by atoms with van der Waals surface area (Å²) in [5.41, 5.74) is 0. The fraction of sp³-hybridized carbons (Fsp3) is 0.833. The van der Waals surface area contributed by atoms with Gasteiger partial charge in [-0.15, -0.1) is 0 Å². The van der Waals surface area contributed by atoms with Crippen LogP contribution in [0.2, 0.25) is 0 Å². The summed E-state index contributed by atoms with van der Waals surface area (Å²) in [5.74, 6) is 0.624. The van der Waals surface area contributed by atoms with Gasteiger partial charge in [0.15, 0.2) is 0 Å². The van der Waals surface area contributed by atoms with Crippen molar-refractivity contribution in [2.75, 3.05) is 7.11 Å². The maximum absolute atomic E-state index is 11.9. The standard InChI is InChI=1S/C12H18O3/c1-15-12(14)9-6-8-4-2-3-5-10(8)11(13)7-9/h8-10H,2-7H2,1H3/t8-,9+,10+/m1/s1. The molecule has 2 aliphatic rings. The van der Waals surface area contributed by atoms with Crippen LogP contribution in [0.15, 0.2) is 0 Å². The van der Waals surface area contributed by atoms with Crippen LogP contribution < -0.4 is 0 Å². The number of hydrogen-bond donors (Lipinski definition) is 0. The van der Waals surface area contributed by atoms with E-state index in [2.05, 4.69) is 0 Å². The first-order valence-corrected chi connectivity index (χ1v) is 5.83. The van der Waals surface area contributed by atoms with Crippen molar-refractivity contribution in [3.05, 3.63) is 0 Å². The van der Waals surface area contributed by atoms with E-state index in [4.69, 9.17) is 4.74 Å². The zero-order valence-electron chi connectivity index (χ0n) is 9.20. The largest absolute Gasteiger partial charge is 0.469 e. The Morgan fingerprint density at radius 2 is 2.07 bits per heavy atom. The highest BCUT2D eigenvalue weighted by Crippen LogP contribution is 2.41. The van der Waals surface area contributed by atoms with Crippen LogP contribution in [0.3, 0.4) is 0 Å². The van der Waals surface area contributed by atoms with Crippen LogP contribution in [0, 0.1) is 17.8 Å². The Labute approximate surface area is 90.2 Å². The number of esters is 1. The summed E-state index contributed by atoms with van der Waals surface area (Å²) in [7, 11) is 1.40. The minimum Gasteiger partial charge on any atom is -0.469 e. The first-order chi connectivity index (χ1) is 7.22. The molecule has 2 saturated carbocycles. The highest BCUT2D eigenvalue weighted by molar-refractivity contribution is 5.87. The van der Waals surface area contributed by atoms with Crippen molar-refractivity contribution in [1.82, 2.24) is 0 Å². The van der Waals surface area contributed by atoms with Gasteiger partial charge in [-0.05, 0) is 25.2 Å². The van der Waals surface area contributed by atoms with Crippen molar-refractivity contribution < 1.29 is 14.3 Å². The molecule has 2 fully saturated rings. The fourth-order valence-corrected chi connectivity index (χ4v) is 3.10. The van der Waals surface area contributed by atoms with Crippen molar-refractivity contribution in [3.63, 3.8) is 0 Å². The van der Waals surface area contributed by atoms with E-state index >= 15 is 0 Å². The predicted molar refractivity (Wildman–Crippen MR) is 55.2 cm³/mol. The molecule has 2 aliphatic carbocycles. The van der Waals surface area contributed by atoms with Crippen molar-refractivity contribution in [2.45, 2.75) is 38.5 Å². The fourth-order valence-electron chi connectivity index (χ4n) is 3.10. The molecule has 0 saturated heterocycles. The van der Waals surface area contributed by atoms with Gasteiger partial charge in [-0.1, -0.05) is 12.8 Å². The monoisotopic (exact) mass is 210 g/mol. The predicted octanol–water partition coefficient (Wildman–Crippen LogP) is 1.94. The van der Waals surface area contributed by atoms with E-state index < -0.39 is 0 Å². The Morgan fingerprint density at radius 1 is 1.33 bits per heavy atom. The van der Waals surface area contributed by atoms with E-state index in [0.29, 0.717) is 18.1 Å². The third-order valence-corrected chi connectivity index (χ3v) is 3.89. The minimum atomic E-state index is -0.202. The van der Waals surface area contributed by atoms with E-state index in [1.54, 1.807) is 0 Å². The number of carbonyl (C=O) groups excluding carboxylic acids is 2. The van der Waals surface area contributed by atoms with Gasteiger partial charge in [0.05, 0.1) is 13.0 Å². The highest BCUT2D eigenvalue weighted by atomic mass is 16.5. The molecular weight excluding hydrogens is 192 g/mol. The normalized spacial score (nSPS) is 35.8. The molecule has 0 N–H and O–H groups in total. The number of fused-ring (bicyclic) bond motifs is 1. The molecule has 0 bridgehead atoms. The Bertz CT molecular complexity index is 272. The summed E-state index contributed by atoms with van der Waals surface area (Å²) in [6.07, 6.45) is 5.82. The molecule has 3 atom stereocenters. The maximum atomic E-state index is 11.9. The molecule has 84 valence electrons. The third kappa shape index (κ3) is 2.06. The van der Waals surface area contributed by atoms with Gasteiger partial charge in [-0.2, -0.15) is 0 Å². The van der Waals surface area contributed by atoms with Gasteiger partial charge in [0.25, 0.3) is 0 Å². The first-order valence-electron chi connectivity index (χ1n) is 5.83. The van der Waals surface area contributed by atoms with Crippen LogP contribution >= 0.6 is 0 Å². The van der Waals surface area contributed by atoms with Crippen molar-refractivity contribution in [2.24, 2.45) is 17.8 Å². The van der Waals surface area contributed by atoms with E-state index in [1.807, 2.05) is 0 Å². The number of rotatable bonds is 1. The summed E-state index contributed by atoms with van der Waals surface area (Å²) in [4.78, 5) is 23.3. The highest BCUT2D eigenvalue weighted by Gasteiger charge is 2.40. The lowest BCUT2D eigenvalue weighted by molar-refractivity contribution is -0.151. The molecule has 0 spiro atoms. The smallest absolute Gasteiger partial charge is 0.309 e. The molecular formula is C12H18O3. The topological polar surface area (TPSA) is 43.4 Å². The third-order valence-electron chi connectivity index (χ3n) is 3.89. The van der Waals surface area contributed by atoms with Crippen molar-refractivity contribution in [1.29, 1.82) is 0 Å². The van der Waals surface area contributed by atoms with E-state index in [-0.39, 0.29) is 17.8 Å². The van der Waals surface area contributed by atoms with Gasteiger partial charge < -0.3 is 4.74 Å². The van der Waals surface area contributed by atoms with E-state index in [0.717, 1.165) is 19.3 Å². The molecule has 0 aromatic rings. The molecule has 0 aromatic carbocycles. The molecule has 15 heavy (non-hydrogen) atoms. The molecule has 0 aromatic heterocycles. The summed E-state index contributed by atoms with van der Waals surface area (Å²) >= 11 is 0. The summed E-state index contributed by atoms with van der Waals surface area (Å²) < 4.78 is 4.73. The number of methoxy groups -OCH3 is 1. The van der Waals surface area contributed by atoms with Gasteiger partial charge >= 0.3 is 5.97 Å². The Balaban J connectivity index is 2.05. The molecule has 2 rings (SSSR count). The average molecular weight is 210 g/mol. The van der Waals surface area contributed by atoms with Gasteiger partial charge in [0.1, 0.15) is 5.78 Å². The lowest BCUT2D eigenvalue weighted by Crippen LogP contribution is -2.38. The van der Waals surface area contributed by atoms with Crippen LogP contribution in [0.4, 0.5) is 0 Å². The van der Waals surface area contributed by atoms with Crippen LogP contribution in [0.25, 0.3) is 0 Å². The van der Waals surface area contributed by atoms with E-state index in [1.165, 1.54) is 20.0 Å². The van der Waals surface area contributed by atoms with Crippen LogP contribution in [0.5, 0.6) is 0 Å². The lowest BCUT2D eigenvalue weighted by atomic mass is 9.67. The van der Waals surface area contributed by atoms with E-state index in [9.17, 15) is 9.59 Å². The summed E-state index contributed by atoms with van der Waals surface area (Å²) in [5, 5.41) is 0. The number of ether oxygens (including phenoxy) is 1.